The van der Waals surface area contributed by atoms with Gasteiger partial charge >= 0.3 is 17.9 Å². The number of rotatable bonds is 9. The van der Waals surface area contributed by atoms with E-state index in [1.165, 1.54) is 40.8 Å². The van der Waals surface area contributed by atoms with Gasteiger partial charge in [0.25, 0.3) is 5.91 Å². The zero-order valence-electron chi connectivity index (χ0n) is 21.8. The summed E-state index contributed by atoms with van der Waals surface area (Å²) >= 11 is 0. The molecule has 0 radical (unpaired) electrons. The Morgan fingerprint density at radius 3 is 2.22 bits per heavy atom. The number of alkyl halides is 2. The lowest BCUT2D eigenvalue weighted by Gasteiger charge is -2.24. The fraction of sp³-hybridized carbons (Fsp3) is 0.233. The van der Waals surface area contributed by atoms with E-state index in [0.717, 1.165) is 43.4 Å². The lowest BCUT2D eigenvalue weighted by atomic mass is 9.93. The van der Waals surface area contributed by atoms with Crippen LogP contribution in [0.4, 0.5) is 33.7 Å². The average molecular weight is 570 g/mol. The second-order valence-electron chi connectivity index (χ2n) is 9.56. The third-order valence-electron chi connectivity index (χ3n) is 6.60. The van der Waals surface area contributed by atoms with Crippen molar-refractivity contribution in [2.45, 2.75) is 38.2 Å². The summed E-state index contributed by atoms with van der Waals surface area (Å²) in [5, 5.41) is 13.0. The number of halogens is 4. The number of allylic oxidation sites excluding steroid dienone is 2. The molecule has 0 aromatic heterocycles. The molecule has 0 spiro atoms. The molecule has 3 aromatic rings. The molecule has 7 nitrogen and oxygen atoms in total. The molecule has 0 heterocycles. The van der Waals surface area contributed by atoms with E-state index in [9.17, 15) is 31.9 Å². The second kappa shape index (κ2) is 12.7. The summed E-state index contributed by atoms with van der Waals surface area (Å²) < 4.78 is 53.7. The van der Waals surface area contributed by atoms with Crippen molar-refractivity contribution in [1.29, 1.82) is 0 Å². The van der Waals surface area contributed by atoms with Gasteiger partial charge in [-0.15, -0.1) is 0 Å². The number of anilines is 2. The third kappa shape index (κ3) is 7.50. The predicted molar refractivity (Wildman–Crippen MR) is 146 cm³/mol. The quantitative estimate of drug-likeness (QED) is 0.253. The van der Waals surface area contributed by atoms with Crippen LogP contribution < -0.4 is 15.5 Å². The first-order valence-corrected chi connectivity index (χ1v) is 12.8. The third-order valence-corrected chi connectivity index (χ3v) is 6.60. The Morgan fingerprint density at radius 2 is 1.61 bits per heavy atom. The normalized spacial score (nSPS) is 13.2. The number of urea groups is 1. The summed E-state index contributed by atoms with van der Waals surface area (Å²) in [6.07, 6.45) is 6.43. The number of hydrogen-bond donors (Lipinski definition) is 3. The Kier molecular flexibility index (Phi) is 9.06. The van der Waals surface area contributed by atoms with Crippen LogP contribution in [0.2, 0.25) is 0 Å². The van der Waals surface area contributed by atoms with Gasteiger partial charge in [-0.3, -0.25) is 9.69 Å². The van der Waals surface area contributed by atoms with Crippen molar-refractivity contribution in [2.75, 3.05) is 16.8 Å². The first-order valence-electron chi connectivity index (χ1n) is 12.8. The van der Waals surface area contributed by atoms with Gasteiger partial charge < -0.3 is 15.7 Å². The average Bonchev–Trinajstić information content (AvgIpc) is 2.97. The molecule has 0 unspecified atom stereocenters. The van der Waals surface area contributed by atoms with Gasteiger partial charge in [-0.25, -0.2) is 18.4 Å². The highest BCUT2D eigenvalue weighted by atomic mass is 19.3. The minimum Gasteiger partial charge on any atom is -0.477 e. The van der Waals surface area contributed by atoms with E-state index >= 15 is 0 Å². The molecule has 3 aromatic carbocycles. The number of aliphatic carboxylic acids is 1. The summed E-state index contributed by atoms with van der Waals surface area (Å²) in [5.41, 5.74) is 3.42. The molecule has 4 rings (SSSR count). The van der Waals surface area contributed by atoms with Gasteiger partial charge in [-0.05, 0) is 78.8 Å². The molecule has 3 N–H and O–H groups in total. The molecular formula is C30H27F4N3O4. The molecule has 0 saturated carbocycles. The van der Waals surface area contributed by atoms with E-state index < -0.39 is 42.0 Å². The predicted octanol–water partition coefficient (Wildman–Crippen LogP) is 6.61. The Hall–Kier alpha value is -4.67. The number of nitrogens with zero attached hydrogens (tertiary/aromatic N) is 1. The summed E-state index contributed by atoms with van der Waals surface area (Å²) in [7, 11) is 0. The summed E-state index contributed by atoms with van der Waals surface area (Å²) in [6.45, 7) is -1.36. The molecule has 11 heteroatoms. The molecule has 0 aliphatic heterocycles. The largest absolute Gasteiger partial charge is 0.477 e. The molecule has 214 valence electrons. The molecule has 0 atom stereocenters. The second-order valence-corrected chi connectivity index (χ2v) is 9.56. The van der Waals surface area contributed by atoms with Crippen LogP contribution in [-0.2, 0) is 11.3 Å². The maximum Gasteiger partial charge on any atom is 0.376 e. The minimum atomic E-state index is -4.11. The highest BCUT2D eigenvalue weighted by Crippen LogP contribution is 2.29. The Bertz CT molecular complexity index is 1460. The molecule has 41 heavy (non-hydrogen) atoms. The Morgan fingerprint density at radius 1 is 0.902 bits per heavy atom. The first kappa shape index (κ1) is 29.3. The molecule has 0 bridgehead atoms. The van der Waals surface area contributed by atoms with Crippen molar-refractivity contribution in [2.24, 2.45) is 0 Å². The summed E-state index contributed by atoms with van der Waals surface area (Å²) in [4.78, 5) is 37.5. The van der Waals surface area contributed by atoms with E-state index in [1.807, 2.05) is 17.4 Å². The van der Waals surface area contributed by atoms with Crippen LogP contribution in [0.1, 0.15) is 47.2 Å². The summed E-state index contributed by atoms with van der Waals surface area (Å²) in [5.74, 6) is -9.52. The van der Waals surface area contributed by atoms with Crippen LogP contribution in [0.3, 0.4) is 0 Å². The molecule has 3 amide bonds. The van der Waals surface area contributed by atoms with Crippen LogP contribution >= 0.6 is 0 Å². The van der Waals surface area contributed by atoms with Crippen LogP contribution in [0.25, 0.3) is 5.57 Å². The summed E-state index contributed by atoms with van der Waals surface area (Å²) in [6, 6.07) is 15.5. The van der Waals surface area contributed by atoms with Crippen molar-refractivity contribution >= 4 is 34.9 Å². The van der Waals surface area contributed by atoms with Gasteiger partial charge in [0.2, 0.25) is 0 Å². The lowest BCUT2D eigenvalue weighted by Crippen LogP contribution is -2.42. The number of benzene rings is 3. The van der Waals surface area contributed by atoms with Crippen LogP contribution in [0.5, 0.6) is 0 Å². The lowest BCUT2D eigenvalue weighted by molar-refractivity contribution is -0.163. The number of nitrogens with one attached hydrogen (secondary N) is 2. The van der Waals surface area contributed by atoms with Crippen molar-refractivity contribution in [3.05, 3.63) is 101 Å². The number of carboxylic acid groups (broad SMARTS) is 1. The Labute approximate surface area is 233 Å². The van der Waals surface area contributed by atoms with Crippen LogP contribution in [0.15, 0.2) is 72.8 Å². The fourth-order valence-electron chi connectivity index (χ4n) is 4.31. The highest BCUT2D eigenvalue weighted by Gasteiger charge is 2.39. The minimum absolute atomic E-state index is 0.0105. The van der Waals surface area contributed by atoms with E-state index in [1.54, 1.807) is 12.1 Å². The van der Waals surface area contributed by atoms with Crippen molar-refractivity contribution in [1.82, 2.24) is 5.32 Å². The van der Waals surface area contributed by atoms with Crippen molar-refractivity contribution in [3.8, 4) is 0 Å². The molecule has 1 aliphatic rings. The number of carboxylic acids is 1. The standard InChI is InChI=1S/C30H27F4N3O4/c31-25-15-12-23(16-26(25)32)36-29(41)37(24-13-10-21(11-14-24)20-4-2-1-3-5-20)17-19-6-8-22(9-7-19)27(38)35-18-30(33,34)28(39)40/h4,6-16H,1-3,5,17-18H2,(H,35,38)(H,36,41)(H,39,40). The number of carbonyl (C=O) groups is 3. The number of carbonyl (C=O) groups excluding carboxylic acids is 2. The van der Waals surface area contributed by atoms with E-state index in [2.05, 4.69) is 11.4 Å². The zero-order chi connectivity index (χ0) is 29.6. The first-order chi connectivity index (χ1) is 19.5. The van der Waals surface area contributed by atoms with E-state index in [-0.39, 0.29) is 17.8 Å². The maximum absolute atomic E-state index is 13.7. The van der Waals surface area contributed by atoms with Crippen molar-refractivity contribution < 1.29 is 37.1 Å². The Balaban J connectivity index is 1.53. The monoisotopic (exact) mass is 569 g/mol. The molecule has 1 aliphatic carbocycles. The highest BCUT2D eigenvalue weighted by molar-refractivity contribution is 6.01. The SMILES string of the molecule is O=C(NCC(F)(F)C(=O)O)c1ccc(CN(C(=O)Nc2ccc(F)c(F)c2)c2ccc(C3=CCCCC3)cc2)cc1. The van der Waals surface area contributed by atoms with Gasteiger partial charge in [0, 0.05) is 23.0 Å². The number of hydrogen-bond acceptors (Lipinski definition) is 3. The fourth-order valence-corrected chi connectivity index (χ4v) is 4.31. The van der Waals surface area contributed by atoms with E-state index in [4.69, 9.17) is 5.11 Å². The molecular weight excluding hydrogens is 542 g/mol. The maximum atomic E-state index is 13.7. The van der Waals surface area contributed by atoms with Gasteiger partial charge in [-0.2, -0.15) is 8.78 Å². The van der Waals surface area contributed by atoms with Gasteiger partial charge in [0.15, 0.2) is 11.6 Å². The van der Waals surface area contributed by atoms with Gasteiger partial charge in [0.05, 0.1) is 13.1 Å². The smallest absolute Gasteiger partial charge is 0.376 e. The van der Waals surface area contributed by atoms with Crippen LogP contribution in [-0.4, -0.2) is 35.5 Å². The van der Waals surface area contributed by atoms with E-state index in [0.29, 0.717) is 11.3 Å². The molecule has 0 fully saturated rings. The van der Waals surface area contributed by atoms with Crippen molar-refractivity contribution in [3.63, 3.8) is 0 Å². The topological polar surface area (TPSA) is 98.7 Å². The number of amides is 3. The van der Waals surface area contributed by atoms with Gasteiger partial charge in [0.1, 0.15) is 0 Å². The zero-order valence-corrected chi connectivity index (χ0v) is 21.8. The molecule has 0 saturated heterocycles. The van der Waals surface area contributed by atoms with Crippen LogP contribution in [0, 0.1) is 11.6 Å². The van der Waals surface area contributed by atoms with Gasteiger partial charge in [-0.1, -0.05) is 30.3 Å².